The number of hydrogen-bond acceptors (Lipinski definition) is 4. The fourth-order valence-electron chi connectivity index (χ4n) is 2.23. The van der Waals surface area contributed by atoms with E-state index in [1.807, 2.05) is 13.0 Å². The lowest BCUT2D eigenvalue weighted by molar-refractivity contribution is 0.103. The number of nitriles is 1. The zero-order valence-corrected chi connectivity index (χ0v) is 13.4. The number of methoxy groups -OCH3 is 1. The third-order valence-electron chi connectivity index (χ3n) is 3.30. The van der Waals surface area contributed by atoms with Crippen molar-refractivity contribution in [1.82, 2.24) is 0 Å². The first-order valence-corrected chi connectivity index (χ1v) is 7.33. The quantitative estimate of drug-likeness (QED) is 0.457. The highest BCUT2D eigenvalue weighted by Gasteiger charge is 2.17. The molecule has 0 aliphatic rings. The zero-order valence-electron chi connectivity index (χ0n) is 13.4. The molecule has 0 aromatic heterocycles. The normalized spacial score (nSPS) is 10.8. The lowest BCUT2D eigenvalue weighted by atomic mass is 10.0. The van der Waals surface area contributed by atoms with E-state index in [0.717, 1.165) is 0 Å². The number of nitrogens with zero attached hydrogens (tertiary/aromatic N) is 1. The number of halogens is 1. The van der Waals surface area contributed by atoms with Crippen LogP contribution >= 0.6 is 0 Å². The Hall–Kier alpha value is -3.13. The van der Waals surface area contributed by atoms with Crippen molar-refractivity contribution in [2.75, 3.05) is 13.7 Å². The van der Waals surface area contributed by atoms with Gasteiger partial charge in [0, 0.05) is 5.56 Å². The summed E-state index contributed by atoms with van der Waals surface area (Å²) in [4.78, 5) is 12.4. The number of carbonyl (C=O) groups excluding carboxylic acids is 1. The molecule has 2 aromatic carbocycles. The van der Waals surface area contributed by atoms with E-state index >= 15 is 0 Å². The summed E-state index contributed by atoms with van der Waals surface area (Å²) in [6.45, 7) is 2.28. The minimum atomic E-state index is -0.681. The van der Waals surface area contributed by atoms with Crippen LogP contribution in [0.15, 0.2) is 48.0 Å². The van der Waals surface area contributed by atoms with Crippen molar-refractivity contribution in [3.63, 3.8) is 0 Å². The molecule has 2 aromatic rings. The average Bonchev–Trinajstić information content (AvgIpc) is 2.60. The summed E-state index contributed by atoms with van der Waals surface area (Å²) < 4.78 is 24.6. The fraction of sp³-hybridized carbons (Fsp3) is 0.158. The number of hydrogen-bond donors (Lipinski definition) is 0. The zero-order chi connectivity index (χ0) is 17.5. The molecule has 4 nitrogen and oxygen atoms in total. The second-order valence-corrected chi connectivity index (χ2v) is 4.79. The molecule has 0 N–H and O–H groups in total. The second-order valence-electron chi connectivity index (χ2n) is 4.79. The van der Waals surface area contributed by atoms with Gasteiger partial charge in [0.05, 0.1) is 19.3 Å². The number of Topliss-reactive ketones (excluding diaryl/α,β-unsaturated/α-hetero) is 1. The maximum Gasteiger partial charge on any atom is 0.206 e. The van der Waals surface area contributed by atoms with Crippen molar-refractivity contribution >= 4 is 11.9 Å². The van der Waals surface area contributed by atoms with E-state index in [1.165, 1.54) is 31.4 Å². The minimum Gasteiger partial charge on any atom is -0.492 e. The van der Waals surface area contributed by atoms with Crippen LogP contribution < -0.4 is 9.47 Å². The average molecular weight is 325 g/mol. The Bertz CT molecular complexity index is 822. The van der Waals surface area contributed by atoms with Crippen LogP contribution in [0.4, 0.5) is 4.39 Å². The predicted octanol–water partition coefficient (Wildman–Crippen LogP) is 4.02. The topological polar surface area (TPSA) is 59.3 Å². The third-order valence-corrected chi connectivity index (χ3v) is 3.30. The molecule has 0 fully saturated rings. The number of allylic oxidation sites excluding steroid dienone is 1. The van der Waals surface area contributed by atoms with Gasteiger partial charge in [-0.05, 0) is 31.2 Å². The van der Waals surface area contributed by atoms with Crippen LogP contribution in [-0.4, -0.2) is 19.5 Å². The Morgan fingerprint density at radius 3 is 2.62 bits per heavy atom. The van der Waals surface area contributed by atoms with E-state index < -0.39 is 11.6 Å². The van der Waals surface area contributed by atoms with E-state index in [0.29, 0.717) is 23.7 Å². The van der Waals surface area contributed by atoms with Crippen LogP contribution in [0, 0.1) is 17.1 Å². The summed E-state index contributed by atoms with van der Waals surface area (Å²) in [6, 6.07) is 12.5. The maximum atomic E-state index is 13.8. The van der Waals surface area contributed by atoms with Crippen LogP contribution in [0.3, 0.4) is 0 Å². The lowest BCUT2D eigenvalue weighted by Gasteiger charge is -2.11. The smallest absolute Gasteiger partial charge is 0.206 e. The van der Waals surface area contributed by atoms with Gasteiger partial charge in [0.2, 0.25) is 5.78 Å². The molecule has 0 spiro atoms. The Kier molecular flexibility index (Phi) is 5.69. The number of rotatable bonds is 6. The molecule has 0 saturated heterocycles. The van der Waals surface area contributed by atoms with Crippen molar-refractivity contribution in [1.29, 1.82) is 5.26 Å². The van der Waals surface area contributed by atoms with Crippen molar-refractivity contribution < 1.29 is 18.7 Å². The first kappa shape index (κ1) is 17.2. The van der Waals surface area contributed by atoms with E-state index in [4.69, 9.17) is 9.47 Å². The van der Waals surface area contributed by atoms with E-state index in [9.17, 15) is 14.4 Å². The van der Waals surface area contributed by atoms with Gasteiger partial charge in [0.1, 0.15) is 17.5 Å². The van der Waals surface area contributed by atoms with Crippen LogP contribution in [0.2, 0.25) is 0 Å². The maximum absolute atomic E-state index is 13.8. The number of carbonyl (C=O) groups is 1. The van der Waals surface area contributed by atoms with Crippen molar-refractivity contribution in [2.45, 2.75) is 6.92 Å². The van der Waals surface area contributed by atoms with E-state index in [-0.39, 0.29) is 11.1 Å². The molecule has 5 heteroatoms. The Morgan fingerprint density at radius 1 is 1.25 bits per heavy atom. The van der Waals surface area contributed by atoms with Crippen molar-refractivity contribution in [3.8, 4) is 17.6 Å². The molecule has 24 heavy (non-hydrogen) atoms. The Labute approximate surface area is 139 Å². The van der Waals surface area contributed by atoms with E-state index in [1.54, 1.807) is 24.3 Å². The molecule has 0 aliphatic heterocycles. The van der Waals surface area contributed by atoms with Gasteiger partial charge in [-0.3, -0.25) is 4.79 Å². The fourth-order valence-corrected chi connectivity index (χ4v) is 2.23. The van der Waals surface area contributed by atoms with Gasteiger partial charge in [-0.15, -0.1) is 0 Å². The Balaban J connectivity index is 2.49. The van der Waals surface area contributed by atoms with Crippen molar-refractivity contribution in [3.05, 3.63) is 65.0 Å². The molecular formula is C19H16FNO3. The van der Waals surface area contributed by atoms with E-state index in [2.05, 4.69) is 0 Å². The molecule has 0 radical (unpaired) electrons. The Morgan fingerprint density at radius 2 is 2.00 bits per heavy atom. The van der Waals surface area contributed by atoms with Gasteiger partial charge in [-0.1, -0.05) is 24.3 Å². The minimum absolute atomic E-state index is 0.148. The second kappa shape index (κ2) is 7.93. The highest BCUT2D eigenvalue weighted by atomic mass is 19.1. The first-order chi connectivity index (χ1) is 11.6. The van der Waals surface area contributed by atoms with Crippen LogP contribution in [0.1, 0.15) is 22.8 Å². The van der Waals surface area contributed by atoms with Gasteiger partial charge < -0.3 is 9.47 Å². The molecule has 0 heterocycles. The lowest BCUT2D eigenvalue weighted by Crippen LogP contribution is -2.05. The van der Waals surface area contributed by atoms with Crippen LogP contribution in [0.5, 0.6) is 11.5 Å². The number of ether oxygens (including phenoxy) is 2. The first-order valence-electron chi connectivity index (χ1n) is 7.33. The number of ketones is 1. The molecule has 0 unspecified atom stereocenters. The molecule has 2 rings (SSSR count). The molecule has 122 valence electrons. The van der Waals surface area contributed by atoms with Gasteiger partial charge >= 0.3 is 0 Å². The summed E-state index contributed by atoms with van der Waals surface area (Å²) in [5.74, 6) is -0.434. The number of benzene rings is 2. The highest BCUT2D eigenvalue weighted by molar-refractivity contribution is 6.14. The predicted molar refractivity (Wildman–Crippen MR) is 88.5 cm³/mol. The summed E-state index contributed by atoms with van der Waals surface area (Å²) in [7, 11) is 1.47. The largest absolute Gasteiger partial charge is 0.492 e. The summed E-state index contributed by atoms with van der Waals surface area (Å²) in [5.41, 5.74) is 0.168. The van der Waals surface area contributed by atoms with Crippen molar-refractivity contribution in [2.24, 2.45) is 0 Å². The molecule has 0 aliphatic carbocycles. The SMILES string of the molecule is CCOc1cccc(/C=C(\C#N)C(=O)c2ccccc2F)c1OC. The van der Waals surface area contributed by atoms with Crippen LogP contribution in [0.25, 0.3) is 6.08 Å². The van der Waals surface area contributed by atoms with Crippen LogP contribution in [-0.2, 0) is 0 Å². The van der Waals surface area contributed by atoms with Gasteiger partial charge in [-0.2, -0.15) is 5.26 Å². The van der Waals surface area contributed by atoms with Gasteiger partial charge in [0.25, 0.3) is 0 Å². The standard InChI is InChI=1S/C19H16FNO3/c1-3-24-17-10-6-7-13(19(17)23-2)11-14(12-21)18(22)15-8-4-5-9-16(15)20/h4-11H,3H2,1-2H3/b14-11+. The third kappa shape index (κ3) is 3.61. The monoisotopic (exact) mass is 325 g/mol. The molecule has 0 bridgehead atoms. The van der Waals surface area contributed by atoms with Gasteiger partial charge in [0.15, 0.2) is 11.5 Å². The molecular weight excluding hydrogens is 309 g/mol. The highest BCUT2D eigenvalue weighted by Crippen LogP contribution is 2.32. The van der Waals surface area contributed by atoms with Gasteiger partial charge in [-0.25, -0.2) is 4.39 Å². The molecule has 0 amide bonds. The molecule has 0 atom stereocenters. The molecule has 0 saturated carbocycles. The summed E-state index contributed by atoms with van der Waals surface area (Å²) in [5, 5.41) is 9.31. The summed E-state index contributed by atoms with van der Waals surface area (Å²) in [6.07, 6.45) is 1.37. The number of para-hydroxylation sites is 1. The summed E-state index contributed by atoms with van der Waals surface area (Å²) >= 11 is 0.